The van der Waals surface area contributed by atoms with Crippen LogP contribution in [0, 0.1) is 0 Å². The quantitative estimate of drug-likeness (QED) is 0.797. The molecule has 5 nitrogen and oxygen atoms in total. The average molecular weight is 333 g/mol. The Labute approximate surface area is 146 Å². The maximum atomic E-state index is 11.3. The number of hydrogen-bond acceptors (Lipinski definition) is 4. The number of aromatic carboxylic acids is 1. The summed E-state index contributed by atoms with van der Waals surface area (Å²) in [6.45, 7) is 3.62. The van der Waals surface area contributed by atoms with Gasteiger partial charge < -0.3 is 14.9 Å². The van der Waals surface area contributed by atoms with Crippen molar-refractivity contribution in [3.63, 3.8) is 0 Å². The summed E-state index contributed by atoms with van der Waals surface area (Å²) in [4.78, 5) is 20.3. The summed E-state index contributed by atoms with van der Waals surface area (Å²) in [6.07, 6.45) is 3.62. The minimum Gasteiger partial charge on any atom is -0.478 e. The summed E-state index contributed by atoms with van der Waals surface area (Å²) in [7, 11) is 0. The van der Waals surface area contributed by atoms with Crippen LogP contribution in [-0.2, 0) is 0 Å². The largest absolute Gasteiger partial charge is 0.478 e. The first-order chi connectivity index (χ1) is 12.2. The molecule has 1 N–H and O–H groups in total. The molecule has 3 aromatic rings. The number of carbonyl (C=O) groups is 1. The molecule has 2 aromatic carbocycles. The molecular weight excluding hydrogens is 314 g/mol. The third kappa shape index (κ3) is 3.01. The molecular formula is C20H19N3O2. The van der Waals surface area contributed by atoms with Crippen LogP contribution < -0.4 is 9.80 Å². The first-order valence-corrected chi connectivity index (χ1v) is 8.38. The lowest BCUT2D eigenvalue weighted by Gasteiger charge is -2.37. The minimum absolute atomic E-state index is 0.308. The van der Waals surface area contributed by atoms with Crippen molar-refractivity contribution in [2.45, 2.75) is 0 Å². The fourth-order valence-corrected chi connectivity index (χ4v) is 3.38. The maximum absolute atomic E-state index is 11.3. The highest BCUT2D eigenvalue weighted by atomic mass is 16.4. The lowest BCUT2D eigenvalue weighted by molar-refractivity contribution is 0.0697. The highest BCUT2D eigenvalue weighted by Crippen LogP contribution is 2.28. The number of fused-ring (bicyclic) bond motifs is 1. The van der Waals surface area contributed by atoms with E-state index in [4.69, 9.17) is 0 Å². The molecule has 126 valence electrons. The molecule has 1 fully saturated rings. The number of anilines is 2. The van der Waals surface area contributed by atoms with Gasteiger partial charge in [-0.15, -0.1) is 0 Å². The molecule has 1 aliphatic rings. The first-order valence-electron chi connectivity index (χ1n) is 8.38. The fourth-order valence-electron chi connectivity index (χ4n) is 3.38. The second kappa shape index (κ2) is 6.43. The molecule has 1 saturated heterocycles. The number of rotatable bonds is 3. The molecule has 0 saturated carbocycles. The van der Waals surface area contributed by atoms with Gasteiger partial charge in [-0.1, -0.05) is 24.3 Å². The van der Waals surface area contributed by atoms with Crippen molar-refractivity contribution < 1.29 is 9.90 Å². The zero-order valence-corrected chi connectivity index (χ0v) is 13.8. The number of piperazine rings is 1. The topological polar surface area (TPSA) is 56.7 Å². The number of benzene rings is 2. The molecule has 5 heteroatoms. The predicted molar refractivity (Wildman–Crippen MR) is 99.6 cm³/mol. The molecule has 1 aromatic heterocycles. The summed E-state index contributed by atoms with van der Waals surface area (Å²) < 4.78 is 0. The van der Waals surface area contributed by atoms with Crippen molar-refractivity contribution in [3.05, 3.63) is 66.5 Å². The zero-order valence-electron chi connectivity index (χ0n) is 13.8. The van der Waals surface area contributed by atoms with Gasteiger partial charge in [0.2, 0.25) is 0 Å². The van der Waals surface area contributed by atoms with Crippen molar-refractivity contribution in [1.29, 1.82) is 0 Å². The third-order valence-electron chi connectivity index (χ3n) is 4.73. The standard InChI is InChI=1S/C20H19N3O2/c24-20(25)15-6-7-16-13-21-14-19(18(16)12-15)23-10-8-22(9-11-23)17-4-2-1-3-5-17/h1-7,12-14H,8-11H2,(H,24,25). The summed E-state index contributed by atoms with van der Waals surface area (Å²) in [5.74, 6) is -0.904. The molecule has 4 rings (SSSR count). The molecule has 0 unspecified atom stereocenters. The van der Waals surface area contributed by atoms with Gasteiger partial charge in [-0.2, -0.15) is 0 Å². The van der Waals surface area contributed by atoms with Crippen LogP contribution in [0.15, 0.2) is 60.9 Å². The molecule has 0 radical (unpaired) electrons. The SMILES string of the molecule is O=C(O)c1ccc2cncc(N3CCN(c4ccccc4)CC3)c2c1. The van der Waals surface area contributed by atoms with Gasteiger partial charge in [0.25, 0.3) is 0 Å². The smallest absolute Gasteiger partial charge is 0.335 e. The number of pyridine rings is 1. The van der Waals surface area contributed by atoms with Gasteiger partial charge in [0.1, 0.15) is 0 Å². The second-order valence-electron chi connectivity index (χ2n) is 6.21. The number of carboxylic acid groups (broad SMARTS) is 1. The van der Waals surface area contributed by atoms with E-state index in [-0.39, 0.29) is 0 Å². The Morgan fingerprint density at radius 3 is 2.36 bits per heavy atom. The number of nitrogens with zero attached hydrogens (tertiary/aromatic N) is 3. The van der Waals surface area contributed by atoms with Gasteiger partial charge in [-0.25, -0.2) is 4.79 Å². The Morgan fingerprint density at radius 2 is 1.64 bits per heavy atom. The van der Waals surface area contributed by atoms with E-state index in [1.807, 2.05) is 18.3 Å². The van der Waals surface area contributed by atoms with Crippen LogP contribution in [0.3, 0.4) is 0 Å². The van der Waals surface area contributed by atoms with Crippen molar-refractivity contribution in [3.8, 4) is 0 Å². The van der Waals surface area contributed by atoms with E-state index < -0.39 is 5.97 Å². The van der Waals surface area contributed by atoms with E-state index >= 15 is 0 Å². The van der Waals surface area contributed by atoms with Crippen LogP contribution in [-0.4, -0.2) is 42.2 Å². The Hall–Kier alpha value is -3.08. The molecule has 2 heterocycles. The summed E-state index contributed by atoms with van der Waals surface area (Å²) in [5.41, 5.74) is 2.56. The number of hydrogen-bond donors (Lipinski definition) is 1. The first kappa shape index (κ1) is 15.4. The third-order valence-corrected chi connectivity index (χ3v) is 4.73. The molecule has 25 heavy (non-hydrogen) atoms. The zero-order chi connectivity index (χ0) is 17.2. The summed E-state index contributed by atoms with van der Waals surface area (Å²) >= 11 is 0. The monoisotopic (exact) mass is 333 g/mol. The Morgan fingerprint density at radius 1 is 0.920 bits per heavy atom. The van der Waals surface area contributed by atoms with Crippen LogP contribution in [0.5, 0.6) is 0 Å². The normalized spacial score (nSPS) is 14.7. The second-order valence-corrected chi connectivity index (χ2v) is 6.21. The highest BCUT2D eigenvalue weighted by Gasteiger charge is 2.19. The van der Waals surface area contributed by atoms with Crippen molar-refractivity contribution >= 4 is 28.1 Å². The number of aromatic nitrogens is 1. The van der Waals surface area contributed by atoms with Gasteiger partial charge in [0.15, 0.2) is 0 Å². The van der Waals surface area contributed by atoms with Gasteiger partial charge in [-0.3, -0.25) is 4.98 Å². The molecule has 1 aliphatic heterocycles. The molecule has 0 bridgehead atoms. The minimum atomic E-state index is -0.904. The molecule has 0 spiro atoms. The van der Waals surface area contributed by atoms with Crippen molar-refractivity contribution in [2.75, 3.05) is 36.0 Å². The van der Waals surface area contributed by atoms with E-state index in [9.17, 15) is 9.90 Å². The summed E-state index contributed by atoms with van der Waals surface area (Å²) in [6, 6.07) is 15.6. The van der Waals surface area contributed by atoms with E-state index in [1.165, 1.54) is 5.69 Å². The molecule has 0 atom stereocenters. The van der Waals surface area contributed by atoms with Gasteiger partial charge in [0.05, 0.1) is 17.4 Å². The van der Waals surface area contributed by atoms with Crippen LogP contribution in [0.2, 0.25) is 0 Å². The maximum Gasteiger partial charge on any atom is 0.335 e. The number of para-hydroxylation sites is 1. The van der Waals surface area contributed by atoms with Gasteiger partial charge >= 0.3 is 5.97 Å². The summed E-state index contributed by atoms with van der Waals surface area (Å²) in [5, 5.41) is 11.2. The predicted octanol–water partition coefficient (Wildman–Crippen LogP) is 3.26. The molecule has 0 amide bonds. The fraction of sp³-hybridized carbons (Fsp3) is 0.200. The lowest BCUT2D eigenvalue weighted by Crippen LogP contribution is -2.46. The van der Waals surface area contributed by atoms with E-state index in [0.717, 1.165) is 42.6 Å². The van der Waals surface area contributed by atoms with Crippen LogP contribution >= 0.6 is 0 Å². The van der Waals surface area contributed by atoms with Gasteiger partial charge in [0, 0.05) is 48.8 Å². The molecule has 0 aliphatic carbocycles. The Bertz CT molecular complexity index is 903. The van der Waals surface area contributed by atoms with Crippen molar-refractivity contribution in [2.24, 2.45) is 0 Å². The highest BCUT2D eigenvalue weighted by molar-refractivity contribution is 5.99. The Kier molecular flexibility index (Phi) is 3.98. The lowest BCUT2D eigenvalue weighted by atomic mass is 10.1. The Balaban J connectivity index is 1.60. The average Bonchev–Trinajstić information content (AvgIpc) is 2.68. The van der Waals surface area contributed by atoms with E-state index in [0.29, 0.717) is 5.56 Å². The van der Waals surface area contributed by atoms with E-state index in [1.54, 1.807) is 18.3 Å². The van der Waals surface area contributed by atoms with Crippen LogP contribution in [0.4, 0.5) is 11.4 Å². The number of carboxylic acids is 1. The van der Waals surface area contributed by atoms with Crippen LogP contribution in [0.25, 0.3) is 10.8 Å². The van der Waals surface area contributed by atoms with Crippen molar-refractivity contribution in [1.82, 2.24) is 4.98 Å². The van der Waals surface area contributed by atoms with Gasteiger partial charge in [-0.05, 0) is 24.3 Å². The van der Waals surface area contributed by atoms with E-state index in [2.05, 4.69) is 39.0 Å². The van der Waals surface area contributed by atoms with Crippen LogP contribution in [0.1, 0.15) is 10.4 Å².